The molecule has 3 unspecified atom stereocenters. The number of methoxy groups -OCH3 is 1. The summed E-state index contributed by atoms with van der Waals surface area (Å²) < 4.78 is 12.4. The van der Waals surface area contributed by atoms with Crippen LogP contribution in [0.15, 0.2) is 67.0 Å². The van der Waals surface area contributed by atoms with Crippen LogP contribution in [0.25, 0.3) is 0 Å². The first-order valence-corrected chi connectivity index (χ1v) is 12.4. The van der Waals surface area contributed by atoms with Gasteiger partial charge in [-0.05, 0) is 36.3 Å². The molecule has 7 heteroatoms. The summed E-state index contributed by atoms with van der Waals surface area (Å²) in [5, 5.41) is 34.3. The van der Waals surface area contributed by atoms with Gasteiger partial charge in [0.05, 0.1) is 42.8 Å². The predicted molar refractivity (Wildman–Crippen MR) is 135 cm³/mol. The van der Waals surface area contributed by atoms with Gasteiger partial charge in [-0.2, -0.15) is 5.26 Å². The Labute approximate surface area is 211 Å². The Morgan fingerprint density at radius 2 is 1.78 bits per heavy atom. The average Bonchev–Trinajstić information content (AvgIpc) is 3.30. The molecule has 3 aromatic rings. The second-order valence-electron chi connectivity index (χ2n) is 9.49. The van der Waals surface area contributed by atoms with E-state index in [2.05, 4.69) is 29.8 Å². The van der Waals surface area contributed by atoms with Gasteiger partial charge < -0.3 is 24.6 Å². The van der Waals surface area contributed by atoms with E-state index in [1.165, 1.54) is 13.3 Å². The first-order chi connectivity index (χ1) is 17.5. The van der Waals surface area contributed by atoms with Crippen molar-refractivity contribution >= 4 is 0 Å². The van der Waals surface area contributed by atoms with Gasteiger partial charge in [-0.15, -0.1) is 0 Å². The highest BCUT2D eigenvalue weighted by Crippen LogP contribution is 2.69. The lowest BCUT2D eigenvalue weighted by molar-refractivity contribution is -0.152. The summed E-state index contributed by atoms with van der Waals surface area (Å²) in [6.07, 6.45) is 1.93. The van der Waals surface area contributed by atoms with Crippen molar-refractivity contribution in [2.75, 3.05) is 26.7 Å². The zero-order valence-corrected chi connectivity index (χ0v) is 20.8. The molecular weight excluding hydrogens is 454 g/mol. The lowest BCUT2D eigenvalue weighted by Gasteiger charge is -2.41. The molecule has 1 aliphatic carbocycles. The molecule has 0 radical (unpaired) electrons. The molecule has 186 valence electrons. The molecule has 2 N–H and O–H groups in total. The van der Waals surface area contributed by atoms with Crippen molar-refractivity contribution in [3.05, 3.63) is 89.2 Å². The fraction of sp³-hybridized carbons (Fsp3) is 0.379. The highest BCUT2D eigenvalue weighted by molar-refractivity contribution is 5.59. The molecule has 1 saturated carbocycles. The molecule has 2 aromatic carbocycles. The van der Waals surface area contributed by atoms with Crippen LogP contribution in [0, 0.1) is 17.2 Å². The van der Waals surface area contributed by atoms with Crippen LogP contribution in [0.3, 0.4) is 0 Å². The number of aliphatic hydroxyl groups is 2. The van der Waals surface area contributed by atoms with Gasteiger partial charge in [0.25, 0.3) is 0 Å². The summed E-state index contributed by atoms with van der Waals surface area (Å²) in [5.41, 5.74) is -0.671. The molecule has 5 atom stereocenters. The van der Waals surface area contributed by atoms with E-state index in [9.17, 15) is 15.5 Å². The Balaban J connectivity index is 1.83. The lowest BCUT2D eigenvalue weighted by atomic mass is 9.70. The van der Waals surface area contributed by atoms with Crippen molar-refractivity contribution in [2.45, 2.75) is 37.1 Å². The molecule has 5 rings (SSSR count). The maximum atomic E-state index is 12.8. The third kappa shape index (κ3) is 3.26. The predicted octanol–water partition coefficient (Wildman–Crippen LogP) is 3.55. The molecule has 0 spiro atoms. The van der Waals surface area contributed by atoms with Crippen molar-refractivity contribution in [3.63, 3.8) is 0 Å². The Morgan fingerprint density at radius 3 is 2.39 bits per heavy atom. The van der Waals surface area contributed by atoms with Crippen LogP contribution >= 0.6 is 0 Å². The monoisotopic (exact) mass is 485 g/mol. The number of rotatable bonds is 7. The van der Waals surface area contributed by atoms with Gasteiger partial charge >= 0.3 is 0 Å². The highest BCUT2D eigenvalue weighted by Gasteiger charge is 2.76. The second kappa shape index (κ2) is 9.21. The molecule has 2 heterocycles. The molecule has 1 aromatic heterocycles. The summed E-state index contributed by atoms with van der Waals surface area (Å²) in [6, 6.07) is 19.1. The van der Waals surface area contributed by atoms with E-state index in [-0.39, 0.29) is 5.92 Å². The number of hydrogen-bond acceptors (Lipinski definition) is 7. The summed E-state index contributed by atoms with van der Waals surface area (Å²) in [6.45, 7) is 6.38. The van der Waals surface area contributed by atoms with Gasteiger partial charge in [-0.25, -0.2) is 0 Å². The van der Waals surface area contributed by atoms with Crippen LogP contribution in [0.4, 0.5) is 0 Å². The number of pyridine rings is 1. The Hall–Kier alpha value is -3.44. The Morgan fingerprint density at radius 1 is 1.08 bits per heavy atom. The number of nitrogens with zero attached hydrogens (tertiary/aromatic N) is 3. The molecule has 1 aliphatic heterocycles. The maximum Gasteiger partial charge on any atom is 0.177 e. The SMILES string of the molecule is CCN(CC)CC1C(c2ccccc2)C2(c3ccc(C#N)cc3)Oc3cncc(OC)c3[C@]2(O)[C@@H]1O. The van der Waals surface area contributed by atoms with Crippen molar-refractivity contribution < 1.29 is 19.7 Å². The number of benzene rings is 2. The van der Waals surface area contributed by atoms with E-state index < -0.39 is 23.2 Å². The lowest BCUT2D eigenvalue weighted by Crippen LogP contribution is -2.52. The minimum Gasteiger partial charge on any atom is -0.495 e. The van der Waals surface area contributed by atoms with Crippen LogP contribution in [0.5, 0.6) is 11.5 Å². The highest BCUT2D eigenvalue weighted by atomic mass is 16.5. The molecule has 1 fully saturated rings. The fourth-order valence-corrected chi connectivity index (χ4v) is 6.31. The van der Waals surface area contributed by atoms with Gasteiger partial charge in [-0.3, -0.25) is 4.98 Å². The number of aliphatic hydroxyl groups excluding tert-OH is 1. The second-order valence-corrected chi connectivity index (χ2v) is 9.49. The number of fused-ring (bicyclic) bond motifs is 3. The van der Waals surface area contributed by atoms with Crippen LogP contribution in [-0.2, 0) is 11.2 Å². The van der Waals surface area contributed by atoms with Crippen LogP contribution in [0.2, 0.25) is 0 Å². The molecule has 36 heavy (non-hydrogen) atoms. The minimum atomic E-state index is -1.83. The molecule has 0 saturated heterocycles. The van der Waals surface area contributed by atoms with E-state index in [1.54, 1.807) is 18.3 Å². The van der Waals surface area contributed by atoms with Crippen molar-refractivity contribution in [2.24, 2.45) is 5.92 Å². The zero-order chi connectivity index (χ0) is 25.5. The maximum absolute atomic E-state index is 12.8. The van der Waals surface area contributed by atoms with E-state index in [0.717, 1.165) is 18.7 Å². The number of ether oxygens (including phenoxy) is 2. The van der Waals surface area contributed by atoms with E-state index >= 15 is 0 Å². The number of hydrogen-bond donors (Lipinski definition) is 2. The summed E-state index contributed by atoms with van der Waals surface area (Å²) >= 11 is 0. The van der Waals surface area contributed by atoms with Crippen molar-refractivity contribution in [3.8, 4) is 17.6 Å². The Kier molecular flexibility index (Phi) is 6.21. The molecule has 0 amide bonds. The quantitative estimate of drug-likeness (QED) is 0.528. The summed E-state index contributed by atoms with van der Waals surface area (Å²) in [7, 11) is 1.52. The third-order valence-electron chi connectivity index (χ3n) is 7.98. The molecule has 2 aliphatic rings. The molecule has 0 bridgehead atoms. The third-order valence-corrected chi connectivity index (χ3v) is 7.98. The smallest absolute Gasteiger partial charge is 0.177 e. The minimum absolute atomic E-state index is 0.361. The zero-order valence-electron chi connectivity index (χ0n) is 20.8. The van der Waals surface area contributed by atoms with Crippen LogP contribution in [-0.4, -0.2) is 52.9 Å². The summed E-state index contributed by atoms with van der Waals surface area (Å²) in [5.74, 6) is -0.0364. The van der Waals surface area contributed by atoms with E-state index in [0.29, 0.717) is 34.7 Å². The molecular formula is C29H31N3O4. The van der Waals surface area contributed by atoms with Crippen molar-refractivity contribution in [1.82, 2.24) is 9.88 Å². The standard InChI is InChI=1S/C29H31N3O4/c1-4-32(5-2)18-22-25(20-9-7-6-8-10-20)29(21-13-11-19(15-30)12-14-21)28(34,27(22)33)26-23(35-3)16-31-17-24(26)36-29/h6-14,16-17,22,25,27,33-34H,4-5,18H2,1-3H3/t22?,25?,27-,28+,29?/m1/s1. The van der Waals surface area contributed by atoms with Crippen LogP contribution in [0.1, 0.15) is 42.0 Å². The average molecular weight is 486 g/mol. The molecule has 7 nitrogen and oxygen atoms in total. The van der Waals surface area contributed by atoms with Crippen molar-refractivity contribution in [1.29, 1.82) is 5.26 Å². The van der Waals surface area contributed by atoms with Gasteiger partial charge in [-0.1, -0.05) is 56.3 Å². The number of aromatic nitrogens is 1. The first kappa shape index (κ1) is 24.3. The Bertz CT molecular complexity index is 1270. The number of nitriles is 1. The summed E-state index contributed by atoms with van der Waals surface area (Å²) in [4.78, 5) is 6.52. The van der Waals surface area contributed by atoms with Gasteiger partial charge in [0.2, 0.25) is 0 Å². The van der Waals surface area contributed by atoms with E-state index in [1.807, 2.05) is 42.5 Å². The largest absolute Gasteiger partial charge is 0.495 e. The fourth-order valence-electron chi connectivity index (χ4n) is 6.31. The first-order valence-electron chi connectivity index (χ1n) is 12.4. The van der Waals surface area contributed by atoms with Gasteiger partial charge in [0, 0.05) is 18.4 Å². The topological polar surface area (TPSA) is 98.8 Å². The van der Waals surface area contributed by atoms with E-state index in [4.69, 9.17) is 9.47 Å². The normalized spacial score (nSPS) is 28.3. The van der Waals surface area contributed by atoms with Crippen LogP contribution < -0.4 is 9.47 Å². The van der Waals surface area contributed by atoms with Gasteiger partial charge in [0.15, 0.2) is 11.2 Å². The van der Waals surface area contributed by atoms with Gasteiger partial charge in [0.1, 0.15) is 11.5 Å².